The predicted molar refractivity (Wildman–Crippen MR) is 53.3 cm³/mol. The number of aliphatic carboxylic acids is 1. The number of carboxylic acid groups (broad SMARTS) is 1. The lowest BCUT2D eigenvalue weighted by atomic mass is 10.1. The molecule has 3 N–H and O–H groups in total. The maximum Gasteiger partial charge on any atom is 0.490 e. The van der Waals surface area contributed by atoms with E-state index in [2.05, 4.69) is 4.90 Å². The number of halogens is 4. The van der Waals surface area contributed by atoms with E-state index in [1.165, 1.54) is 0 Å². The molecule has 0 aromatic rings. The van der Waals surface area contributed by atoms with Gasteiger partial charge in [-0.15, -0.1) is 0 Å². The first kappa shape index (κ1) is 16.1. The highest BCUT2D eigenvalue weighted by Crippen LogP contribution is 2.13. The van der Waals surface area contributed by atoms with Crippen molar-refractivity contribution < 1.29 is 27.5 Å². The Balaban J connectivity index is 0.000000325. The molecular weight excluding hydrogens is 244 g/mol. The van der Waals surface area contributed by atoms with Gasteiger partial charge in [-0.3, -0.25) is 0 Å². The highest BCUT2D eigenvalue weighted by atomic mass is 19.4. The van der Waals surface area contributed by atoms with E-state index in [9.17, 15) is 17.6 Å². The fourth-order valence-electron chi connectivity index (χ4n) is 1.31. The molecule has 1 rings (SSSR count). The van der Waals surface area contributed by atoms with Gasteiger partial charge < -0.3 is 15.7 Å². The monoisotopic (exact) mass is 260 g/mol. The number of piperidine rings is 1. The van der Waals surface area contributed by atoms with Gasteiger partial charge in [-0.1, -0.05) is 0 Å². The van der Waals surface area contributed by atoms with Gasteiger partial charge in [-0.2, -0.15) is 13.2 Å². The highest BCUT2D eigenvalue weighted by Gasteiger charge is 2.38. The minimum Gasteiger partial charge on any atom is -0.475 e. The molecule has 0 radical (unpaired) electrons. The molecule has 4 nitrogen and oxygen atoms in total. The fraction of sp³-hybridized carbons (Fsp3) is 0.889. The number of hydrogen-bond donors (Lipinski definition) is 2. The number of nitrogens with two attached hydrogens (primary N) is 1. The largest absolute Gasteiger partial charge is 0.490 e. The Kier molecular flexibility index (Phi) is 7.05. The third-order valence-electron chi connectivity index (χ3n) is 2.20. The Morgan fingerprint density at radius 3 is 2.06 bits per heavy atom. The van der Waals surface area contributed by atoms with Crippen molar-refractivity contribution in [2.45, 2.75) is 25.2 Å². The van der Waals surface area contributed by atoms with Crippen LogP contribution in [0.2, 0.25) is 0 Å². The van der Waals surface area contributed by atoms with Crippen molar-refractivity contribution in [2.24, 2.45) is 5.73 Å². The van der Waals surface area contributed by atoms with E-state index in [4.69, 9.17) is 15.6 Å². The van der Waals surface area contributed by atoms with E-state index in [0.29, 0.717) is 19.4 Å². The number of nitrogens with zero attached hydrogens (tertiary/aromatic N) is 1. The second kappa shape index (κ2) is 7.44. The van der Waals surface area contributed by atoms with Crippen molar-refractivity contribution in [3.8, 4) is 0 Å². The Morgan fingerprint density at radius 2 is 1.76 bits per heavy atom. The van der Waals surface area contributed by atoms with Crippen molar-refractivity contribution in [1.29, 1.82) is 0 Å². The summed E-state index contributed by atoms with van der Waals surface area (Å²) in [5.74, 6) is -2.76. The summed E-state index contributed by atoms with van der Waals surface area (Å²) in [7, 11) is 0. The van der Waals surface area contributed by atoms with Crippen LogP contribution in [0.1, 0.15) is 12.8 Å². The zero-order chi connectivity index (χ0) is 13.5. The van der Waals surface area contributed by atoms with Gasteiger partial charge in [0, 0.05) is 26.2 Å². The lowest BCUT2D eigenvalue weighted by molar-refractivity contribution is -0.192. The van der Waals surface area contributed by atoms with Crippen LogP contribution < -0.4 is 5.73 Å². The second-order valence-corrected chi connectivity index (χ2v) is 3.61. The van der Waals surface area contributed by atoms with Crippen LogP contribution in [0.15, 0.2) is 0 Å². The predicted octanol–water partition coefficient (Wildman–Crippen LogP) is 1.01. The standard InChI is InChI=1S/C7H15FN2.C2HF3O2/c8-7-1-4-10(5-2-7)6-3-9;3-2(4,5)1(6)7/h7H,1-6,9H2;(H,6,7). The number of alkyl halides is 4. The van der Waals surface area contributed by atoms with Crippen molar-refractivity contribution in [1.82, 2.24) is 4.90 Å². The SMILES string of the molecule is NCCN1CCC(F)CC1.O=C(O)C(F)(F)F. The van der Waals surface area contributed by atoms with Crippen LogP contribution in [0.5, 0.6) is 0 Å². The molecule has 0 aromatic heterocycles. The number of hydrogen-bond acceptors (Lipinski definition) is 3. The number of likely N-dealkylation sites (tertiary alicyclic amines) is 1. The molecule has 0 amide bonds. The molecule has 0 unspecified atom stereocenters. The summed E-state index contributed by atoms with van der Waals surface area (Å²) >= 11 is 0. The Labute approximate surface area is 96.4 Å². The molecule has 1 fully saturated rings. The van der Waals surface area contributed by atoms with Gasteiger partial charge in [0.2, 0.25) is 0 Å². The normalized spacial score (nSPS) is 18.4. The Hall–Kier alpha value is -0.890. The first-order valence-corrected chi connectivity index (χ1v) is 5.14. The van der Waals surface area contributed by atoms with E-state index in [1.54, 1.807) is 0 Å². The van der Waals surface area contributed by atoms with Gasteiger partial charge in [0.05, 0.1) is 0 Å². The van der Waals surface area contributed by atoms with Gasteiger partial charge in [-0.25, -0.2) is 9.18 Å². The number of rotatable bonds is 2. The van der Waals surface area contributed by atoms with Crippen LogP contribution in [-0.4, -0.2) is 54.5 Å². The fourth-order valence-corrected chi connectivity index (χ4v) is 1.31. The molecular formula is C9H16F4N2O2. The average Bonchev–Trinajstić information content (AvgIpc) is 2.21. The highest BCUT2D eigenvalue weighted by molar-refractivity contribution is 5.73. The lowest BCUT2D eigenvalue weighted by Crippen LogP contribution is -2.37. The van der Waals surface area contributed by atoms with E-state index in [0.717, 1.165) is 19.6 Å². The first-order valence-electron chi connectivity index (χ1n) is 5.14. The van der Waals surface area contributed by atoms with Crippen LogP contribution in [-0.2, 0) is 4.79 Å². The average molecular weight is 260 g/mol. The number of carboxylic acids is 1. The summed E-state index contributed by atoms with van der Waals surface area (Å²) in [6.07, 6.45) is -4.26. The van der Waals surface area contributed by atoms with E-state index in [1.807, 2.05) is 0 Å². The van der Waals surface area contributed by atoms with Gasteiger partial charge >= 0.3 is 12.1 Å². The zero-order valence-electron chi connectivity index (χ0n) is 9.21. The van der Waals surface area contributed by atoms with Crippen LogP contribution in [0.3, 0.4) is 0 Å². The van der Waals surface area contributed by atoms with Gasteiger partial charge in [0.15, 0.2) is 0 Å². The van der Waals surface area contributed by atoms with Crippen LogP contribution in [0.25, 0.3) is 0 Å². The summed E-state index contributed by atoms with van der Waals surface area (Å²) < 4.78 is 44.3. The summed E-state index contributed by atoms with van der Waals surface area (Å²) in [5, 5.41) is 7.12. The first-order chi connectivity index (χ1) is 7.77. The van der Waals surface area contributed by atoms with Crippen molar-refractivity contribution in [2.75, 3.05) is 26.2 Å². The van der Waals surface area contributed by atoms with E-state index >= 15 is 0 Å². The summed E-state index contributed by atoms with van der Waals surface area (Å²) in [4.78, 5) is 11.1. The molecule has 1 heterocycles. The molecule has 8 heteroatoms. The zero-order valence-corrected chi connectivity index (χ0v) is 9.21. The summed E-state index contributed by atoms with van der Waals surface area (Å²) in [6, 6.07) is 0. The molecule has 0 saturated carbocycles. The van der Waals surface area contributed by atoms with Gasteiger partial charge in [0.1, 0.15) is 6.17 Å². The van der Waals surface area contributed by atoms with Crippen molar-refractivity contribution in [3.05, 3.63) is 0 Å². The minimum absolute atomic E-state index is 0.561. The van der Waals surface area contributed by atoms with Crippen molar-refractivity contribution >= 4 is 5.97 Å². The molecule has 102 valence electrons. The molecule has 0 aliphatic carbocycles. The molecule has 1 saturated heterocycles. The molecule has 0 aromatic carbocycles. The minimum atomic E-state index is -5.08. The number of carbonyl (C=O) groups is 1. The second-order valence-electron chi connectivity index (χ2n) is 3.61. The maximum absolute atomic E-state index is 12.5. The van der Waals surface area contributed by atoms with Gasteiger partial charge in [0.25, 0.3) is 0 Å². The smallest absolute Gasteiger partial charge is 0.475 e. The third-order valence-corrected chi connectivity index (χ3v) is 2.20. The quantitative estimate of drug-likeness (QED) is 0.727. The van der Waals surface area contributed by atoms with Crippen LogP contribution in [0, 0.1) is 0 Å². The molecule has 0 bridgehead atoms. The lowest BCUT2D eigenvalue weighted by Gasteiger charge is -2.27. The van der Waals surface area contributed by atoms with Crippen molar-refractivity contribution in [3.63, 3.8) is 0 Å². The Morgan fingerprint density at radius 1 is 1.35 bits per heavy atom. The van der Waals surface area contributed by atoms with Gasteiger partial charge in [-0.05, 0) is 12.8 Å². The molecule has 17 heavy (non-hydrogen) atoms. The molecule has 0 atom stereocenters. The third kappa shape index (κ3) is 7.92. The Bertz CT molecular complexity index is 228. The summed E-state index contributed by atoms with van der Waals surface area (Å²) in [5.41, 5.74) is 5.36. The molecule has 1 aliphatic heterocycles. The van der Waals surface area contributed by atoms with Crippen LogP contribution >= 0.6 is 0 Å². The van der Waals surface area contributed by atoms with E-state index < -0.39 is 18.3 Å². The molecule has 1 aliphatic rings. The summed E-state index contributed by atoms with van der Waals surface area (Å²) in [6.45, 7) is 3.39. The van der Waals surface area contributed by atoms with E-state index in [-0.39, 0.29) is 0 Å². The topological polar surface area (TPSA) is 66.6 Å². The molecule has 0 spiro atoms. The maximum atomic E-state index is 12.5. The van der Waals surface area contributed by atoms with Crippen LogP contribution in [0.4, 0.5) is 17.6 Å².